The van der Waals surface area contributed by atoms with Gasteiger partial charge in [-0.05, 0) is 37.5 Å². The fourth-order valence-electron chi connectivity index (χ4n) is 3.37. The fourth-order valence-corrected chi connectivity index (χ4v) is 3.37. The van der Waals surface area contributed by atoms with Crippen LogP contribution < -0.4 is 5.73 Å². The van der Waals surface area contributed by atoms with Gasteiger partial charge in [-0.1, -0.05) is 13.8 Å². The third-order valence-electron chi connectivity index (χ3n) is 4.70. The van der Waals surface area contributed by atoms with Gasteiger partial charge in [-0.15, -0.1) is 0 Å². The summed E-state index contributed by atoms with van der Waals surface area (Å²) in [4.78, 5) is 14.5. The number of aliphatic hydroxyl groups is 1. The van der Waals surface area contributed by atoms with Crippen LogP contribution in [-0.4, -0.2) is 41.1 Å². The molecule has 1 aliphatic carbocycles. The Bertz CT molecular complexity index is 308. The van der Waals surface area contributed by atoms with Crippen LogP contribution in [-0.2, 0) is 4.79 Å². The molecule has 0 aromatic carbocycles. The van der Waals surface area contributed by atoms with Gasteiger partial charge in [0.25, 0.3) is 0 Å². The number of carbonyl (C=O) groups excluding carboxylic acids is 1. The maximum atomic E-state index is 12.5. The number of aliphatic hydroxyl groups excluding tert-OH is 1. The van der Waals surface area contributed by atoms with Crippen molar-refractivity contribution in [3.05, 3.63) is 0 Å². The van der Waals surface area contributed by atoms with Gasteiger partial charge >= 0.3 is 0 Å². The van der Waals surface area contributed by atoms with Crippen molar-refractivity contribution in [3.63, 3.8) is 0 Å². The van der Waals surface area contributed by atoms with E-state index in [2.05, 4.69) is 6.92 Å². The molecule has 2 rings (SSSR count). The molecule has 18 heavy (non-hydrogen) atoms. The van der Waals surface area contributed by atoms with Gasteiger partial charge < -0.3 is 15.7 Å². The molecule has 0 aromatic heterocycles. The molecule has 1 heterocycles. The first kappa shape index (κ1) is 13.8. The first-order chi connectivity index (χ1) is 8.49. The van der Waals surface area contributed by atoms with Crippen LogP contribution in [0.15, 0.2) is 0 Å². The van der Waals surface area contributed by atoms with Gasteiger partial charge in [-0.2, -0.15) is 0 Å². The molecule has 1 saturated heterocycles. The largest absolute Gasteiger partial charge is 0.393 e. The lowest BCUT2D eigenvalue weighted by Crippen LogP contribution is -2.49. The van der Waals surface area contributed by atoms with Crippen molar-refractivity contribution < 1.29 is 9.90 Å². The summed E-state index contributed by atoms with van der Waals surface area (Å²) in [6.45, 7) is 5.57. The molecule has 1 saturated carbocycles. The van der Waals surface area contributed by atoms with E-state index < -0.39 is 0 Å². The minimum absolute atomic E-state index is 0.146. The maximum absolute atomic E-state index is 12.5. The zero-order valence-corrected chi connectivity index (χ0v) is 11.5. The molecule has 2 aliphatic rings. The van der Waals surface area contributed by atoms with E-state index in [9.17, 15) is 9.90 Å². The van der Waals surface area contributed by atoms with Crippen molar-refractivity contribution in [2.45, 2.75) is 51.7 Å². The number of carbonyl (C=O) groups is 1. The second kappa shape index (κ2) is 5.57. The Hall–Kier alpha value is -0.610. The van der Waals surface area contributed by atoms with Crippen molar-refractivity contribution in [1.29, 1.82) is 0 Å². The zero-order valence-electron chi connectivity index (χ0n) is 11.5. The molecule has 5 atom stereocenters. The summed E-state index contributed by atoms with van der Waals surface area (Å²) in [5, 5.41) is 9.72. The molecular weight excluding hydrogens is 228 g/mol. The zero-order chi connectivity index (χ0) is 13.3. The van der Waals surface area contributed by atoms with Gasteiger partial charge in [-0.25, -0.2) is 0 Å². The maximum Gasteiger partial charge on any atom is 0.225 e. The van der Waals surface area contributed by atoms with Gasteiger partial charge in [0.1, 0.15) is 0 Å². The quantitative estimate of drug-likeness (QED) is 0.733. The van der Waals surface area contributed by atoms with Gasteiger partial charge in [-0.3, -0.25) is 4.79 Å². The number of rotatable bonds is 1. The number of hydrogen-bond donors (Lipinski definition) is 2. The fraction of sp³-hybridized carbons (Fsp3) is 0.929. The molecule has 1 amide bonds. The number of hydrogen-bond acceptors (Lipinski definition) is 3. The van der Waals surface area contributed by atoms with Crippen LogP contribution in [0.25, 0.3) is 0 Å². The summed E-state index contributed by atoms with van der Waals surface area (Å²) >= 11 is 0. The van der Waals surface area contributed by atoms with Crippen molar-refractivity contribution in [1.82, 2.24) is 4.90 Å². The normalized spacial score (nSPS) is 41.8. The molecule has 2 fully saturated rings. The Morgan fingerprint density at radius 1 is 1.22 bits per heavy atom. The average molecular weight is 254 g/mol. The summed E-state index contributed by atoms with van der Waals surface area (Å²) in [6, 6.07) is 0.270. The lowest BCUT2D eigenvalue weighted by Gasteiger charge is -2.39. The van der Waals surface area contributed by atoms with E-state index in [1.54, 1.807) is 0 Å². The second-order valence-electron chi connectivity index (χ2n) is 6.27. The Labute approximate surface area is 110 Å². The Morgan fingerprint density at radius 3 is 2.56 bits per heavy atom. The van der Waals surface area contributed by atoms with E-state index in [-0.39, 0.29) is 29.9 Å². The molecule has 3 N–H and O–H groups in total. The van der Waals surface area contributed by atoms with Crippen LogP contribution in [0.5, 0.6) is 0 Å². The van der Waals surface area contributed by atoms with Crippen LogP contribution in [0.3, 0.4) is 0 Å². The van der Waals surface area contributed by atoms with Gasteiger partial charge in [0, 0.05) is 25.0 Å². The van der Waals surface area contributed by atoms with E-state index in [1.807, 2.05) is 11.8 Å². The van der Waals surface area contributed by atoms with Gasteiger partial charge in [0.05, 0.1) is 6.10 Å². The Kier molecular flexibility index (Phi) is 4.28. The summed E-state index contributed by atoms with van der Waals surface area (Å²) in [6.07, 6.45) is 3.32. The SMILES string of the molecule is CC1CN(C(=O)C2CCC(N)CC2C)CCC1O. The molecule has 104 valence electrons. The highest BCUT2D eigenvalue weighted by Gasteiger charge is 2.36. The molecular formula is C14H26N2O2. The van der Waals surface area contributed by atoms with Crippen LogP contribution in [0.4, 0.5) is 0 Å². The molecule has 0 aromatic rings. The monoisotopic (exact) mass is 254 g/mol. The molecule has 4 heteroatoms. The lowest BCUT2D eigenvalue weighted by molar-refractivity contribution is -0.142. The number of nitrogens with two attached hydrogens (primary N) is 1. The van der Waals surface area contributed by atoms with E-state index in [0.717, 1.165) is 19.3 Å². The van der Waals surface area contributed by atoms with Crippen molar-refractivity contribution in [3.8, 4) is 0 Å². The van der Waals surface area contributed by atoms with Crippen LogP contribution in [0.1, 0.15) is 39.5 Å². The Morgan fingerprint density at radius 2 is 1.94 bits per heavy atom. The summed E-state index contributed by atoms with van der Waals surface area (Å²) in [5.41, 5.74) is 5.95. The smallest absolute Gasteiger partial charge is 0.225 e. The van der Waals surface area contributed by atoms with Crippen molar-refractivity contribution >= 4 is 5.91 Å². The van der Waals surface area contributed by atoms with Crippen LogP contribution in [0.2, 0.25) is 0 Å². The molecule has 0 radical (unpaired) electrons. The molecule has 5 unspecified atom stereocenters. The van der Waals surface area contributed by atoms with Crippen LogP contribution in [0, 0.1) is 17.8 Å². The highest BCUT2D eigenvalue weighted by Crippen LogP contribution is 2.31. The first-order valence-corrected chi connectivity index (χ1v) is 7.21. The standard InChI is InChI=1S/C14H26N2O2/c1-9-7-11(15)3-4-12(9)14(18)16-6-5-13(17)10(2)8-16/h9-13,17H,3-8,15H2,1-2H3. The van der Waals surface area contributed by atoms with E-state index in [4.69, 9.17) is 5.73 Å². The number of likely N-dealkylation sites (tertiary alicyclic amines) is 1. The minimum atomic E-state index is -0.244. The topological polar surface area (TPSA) is 66.6 Å². The number of amides is 1. The average Bonchev–Trinajstić information content (AvgIpc) is 2.32. The van der Waals surface area contributed by atoms with Gasteiger partial charge in [0.15, 0.2) is 0 Å². The van der Waals surface area contributed by atoms with Crippen LogP contribution >= 0.6 is 0 Å². The Balaban J connectivity index is 1.95. The second-order valence-corrected chi connectivity index (χ2v) is 6.27. The van der Waals surface area contributed by atoms with Crippen molar-refractivity contribution in [2.24, 2.45) is 23.5 Å². The van der Waals surface area contributed by atoms with Crippen molar-refractivity contribution in [2.75, 3.05) is 13.1 Å². The summed E-state index contributed by atoms with van der Waals surface area (Å²) < 4.78 is 0. The molecule has 4 nitrogen and oxygen atoms in total. The highest BCUT2D eigenvalue weighted by atomic mass is 16.3. The molecule has 0 bridgehead atoms. The predicted molar refractivity (Wildman–Crippen MR) is 70.8 cm³/mol. The van der Waals surface area contributed by atoms with E-state index in [0.29, 0.717) is 25.4 Å². The first-order valence-electron chi connectivity index (χ1n) is 7.21. The van der Waals surface area contributed by atoms with E-state index >= 15 is 0 Å². The number of piperidine rings is 1. The van der Waals surface area contributed by atoms with Gasteiger partial charge in [0.2, 0.25) is 5.91 Å². The van der Waals surface area contributed by atoms with E-state index in [1.165, 1.54) is 0 Å². The molecule has 0 spiro atoms. The third kappa shape index (κ3) is 2.86. The lowest BCUT2D eigenvalue weighted by atomic mass is 9.77. The molecule has 1 aliphatic heterocycles. The third-order valence-corrected chi connectivity index (χ3v) is 4.70. The predicted octanol–water partition coefficient (Wildman–Crippen LogP) is 0.979. The summed E-state index contributed by atoms with van der Waals surface area (Å²) in [7, 11) is 0. The minimum Gasteiger partial charge on any atom is -0.393 e. The highest BCUT2D eigenvalue weighted by molar-refractivity contribution is 5.79. The number of nitrogens with zero attached hydrogens (tertiary/aromatic N) is 1. The summed E-state index contributed by atoms with van der Waals surface area (Å²) in [5.74, 6) is 1.02.